The van der Waals surface area contributed by atoms with E-state index in [-0.39, 0.29) is 26.2 Å². The highest BCUT2D eigenvalue weighted by molar-refractivity contribution is 7.86. The third-order valence-corrected chi connectivity index (χ3v) is 9.14. The molecule has 39 heavy (non-hydrogen) atoms. The molecule has 5 rings (SSSR count). The molecule has 0 unspecified atom stereocenters. The molecule has 0 spiro atoms. The Morgan fingerprint density at radius 3 is 1.26 bits per heavy atom. The Balaban J connectivity index is 1.42. The van der Waals surface area contributed by atoms with Crippen LogP contribution in [0.2, 0.25) is 0 Å². The lowest BCUT2D eigenvalue weighted by Gasteiger charge is -2.28. The van der Waals surface area contributed by atoms with Crippen LogP contribution in [0.15, 0.2) is 109 Å². The van der Waals surface area contributed by atoms with E-state index in [0.29, 0.717) is 12.8 Å². The van der Waals surface area contributed by atoms with Gasteiger partial charge in [-0.25, -0.2) is 0 Å². The molecule has 0 aromatic heterocycles. The predicted molar refractivity (Wildman–Crippen MR) is 153 cm³/mol. The zero-order valence-electron chi connectivity index (χ0n) is 21.8. The molecule has 1 fully saturated rings. The van der Waals surface area contributed by atoms with Crippen LogP contribution in [-0.2, 0) is 36.1 Å². The molecule has 4 aromatic rings. The van der Waals surface area contributed by atoms with Crippen LogP contribution in [0.25, 0.3) is 0 Å². The summed E-state index contributed by atoms with van der Waals surface area (Å²) in [6.45, 7) is -0.134. The highest BCUT2D eigenvalue weighted by Crippen LogP contribution is 2.26. The van der Waals surface area contributed by atoms with Crippen LogP contribution >= 0.6 is 0 Å². The quantitative estimate of drug-likeness (QED) is 0.351. The van der Waals surface area contributed by atoms with Crippen molar-refractivity contribution in [1.82, 2.24) is 8.61 Å². The fourth-order valence-electron chi connectivity index (χ4n) is 5.08. The Labute approximate surface area is 231 Å². The monoisotopic (exact) mass is 542 g/mol. The zero-order chi connectivity index (χ0) is 27.2. The van der Waals surface area contributed by atoms with Crippen LogP contribution < -0.4 is 0 Å². The standard InChI is InChI=1S/C32H34N2O4S/c35-31-23-33(21-29-17-9-7-15-27(29)19-25-11-3-1-4-12-25)39(37,38)34(24-32(31)36)22-30-18-10-8-16-28(30)20-26-13-5-2-6-14-26/h1-18,31-32,35-36H,19-24H2/t31-,32-/m0/s1. The van der Waals surface area contributed by atoms with Crippen molar-refractivity contribution in [2.75, 3.05) is 13.1 Å². The van der Waals surface area contributed by atoms with E-state index in [0.717, 1.165) is 33.4 Å². The molecule has 0 bridgehead atoms. The molecule has 4 aromatic carbocycles. The summed E-state index contributed by atoms with van der Waals surface area (Å²) in [6.07, 6.45) is -1.03. The maximum atomic E-state index is 14.0. The lowest BCUT2D eigenvalue weighted by molar-refractivity contribution is 0.00886. The Morgan fingerprint density at radius 1 is 0.538 bits per heavy atom. The third kappa shape index (κ3) is 6.64. The minimum absolute atomic E-state index is 0.108. The van der Waals surface area contributed by atoms with Gasteiger partial charge in [0.25, 0.3) is 10.2 Å². The summed E-state index contributed by atoms with van der Waals surface area (Å²) in [5.74, 6) is 0. The highest BCUT2D eigenvalue weighted by Gasteiger charge is 2.39. The van der Waals surface area contributed by atoms with Gasteiger partial charge in [-0.05, 0) is 46.2 Å². The van der Waals surface area contributed by atoms with E-state index < -0.39 is 22.4 Å². The van der Waals surface area contributed by atoms with E-state index in [1.165, 1.54) is 8.61 Å². The van der Waals surface area contributed by atoms with Crippen LogP contribution in [-0.4, -0.2) is 52.5 Å². The van der Waals surface area contributed by atoms with Crippen LogP contribution in [0.4, 0.5) is 0 Å². The zero-order valence-corrected chi connectivity index (χ0v) is 22.6. The number of aliphatic hydroxyl groups excluding tert-OH is 2. The normalized spacial score (nSPS) is 19.9. The number of aliphatic hydroxyl groups is 2. The van der Waals surface area contributed by atoms with E-state index in [2.05, 4.69) is 0 Å². The summed E-state index contributed by atoms with van der Waals surface area (Å²) in [6, 6.07) is 35.7. The fourth-order valence-corrected chi connectivity index (χ4v) is 6.70. The number of nitrogens with zero attached hydrogens (tertiary/aromatic N) is 2. The Kier molecular flexibility index (Phi) is 8.55. The molecule has 0 amide bonds. The van der Waals surface area contributed by atoms with Crippen molar-refractivity contribution in [1.29, 1.82) is 0 Å². The maximum absolute atomic E-state index is 14.0. The van der Waals surface area contributed by atoms with Gasteiger partial charge in [-0.2, -0.15) is 17.0 Å². The van der Waals surface area contributed by atoms with Crippen molar-refractivity contribution >= 4 is 10.2 Å². The number of β-amino-alcohol motifs (C(OH)–C–C–N with tert-alkyl or cyclic N) is 2. The topological polar surface area (TPSA) is 81.1 Å². The van der Waals surface area contributed by atoms with Crippen molar-refractivity contribution < 1.29 is 18.6 Å². The van der Waals surface area contributed by atoms with Crippen LogP contribution in [0, 0.1) is 0 Å². The molecule has 6 nitrogen and oxygen atoms in total. The maximum Gasteiger partial charge on any atom is 0.282 e. The first kappa shape index (κ1) is 27.2. The lowest BCUT2D eigenvalue weighted by Crippen LogP contribution is -2.43. The summed E-state index contributed by atoms with van der Waals surface area (Å²) in [7, 11) is -4.00. The predicted octanol–water partition coefficient (Wildman–Crippen LogP) is 4.15. The molecular formula is C32H34N2O4S. The van der Waals surface area contributed by atoms with Crippen molar-refractivity contribution in [2.45, 2.75) is 38.1 Å². The minimum atomic E-state index is -4.00. The number of benzene rings is 4. The first-order valence-electron chi connectivity index (χ1n) is 13.2. The van der Waals surface area contributed by atoms with E-state index in [1.54, 1.807) is 0 Å². The summed E-state index contributed by atoms with van der Waals surface area (Å²) in [5, 5.41) is 21.4. The summed E-state index contributed by atoms with van der Waals surface area (Å²) in [5.41, 5.74) is 6.07. The van der Waals surface area contributed by atoms with Crippen LogP contribution in [0.5, 0.6) is 0 Å². The fraction of sp³-hybridized carbons (Fsp3) is 0.250. The first-order valence-corrected chi connectivity index (χ1v) is 14.6. The molecule has 0 radical (unpaired) electrons. The summed E-state index contributed by atoms with van der Waals surface area (Å²) >= 11 is 0. The first-order chi connectivity index (χ1) is 18.9. The van der Waals surface area contributed by atoms with Gasteiger partial charge < -0.3 is 10.2 Å². The minimum Gasteiger partial charge on any atom is -0.389 e. The summed E-state index contributed by atoms with van der Waals surface area (Å²) in [4.78, 5) is 0. The van der Waals surface area contributed by atoms with Gasteiger partial charge in [0, 0.05) is 26.2 Å². The largest absolute Gasteiger partial charge is 0.389 e. The second kappa shape index (κ2) is 12.2. The molecule has 2 N–H and O–H groups in total. The molecule has 1 aliphatic rings. The van der Waals surface area contributed by atoms with Crippen LogP contribution in [0.1, 0.15) is 33.4 Å². The van der Waals surface area contributed by atoms with Gasteiger partial charge in [-0.15, -0.1) is 0 Å². The molecule has 2 atom stereocenters. The Morgan fingerprint density at radius 2 is 0.872 bits per heavy atom. The van der Waals surface area contributed by atoms with Gasteiger partial charge in [0.2, 0.25) is 0 Å². The Hall–Kier alpha value is -3.33. The van der Waals surface area contributed by atoms with Gasteiger partial charge in [0.15, 0.2) is 0 Å². The van der Waals surface area contributed by atoms with Crippen molar-refractivity contribution in [3.8, 4) is 0 Å². The number of hydrogen-bond acceptors (Lipinski definition) is 4. The number of hydrogen-bond donors (Lipinski definition) is 2. The van der Waals surface area contributed by atoms with Gasteiger partial charge in [0.1, 0.15) is 0 Å². The molecule has 7 heteroatoms. The van der Waals surface area contributed by atoms with Crippen LogP contribution in [0.3, 0.4) is 0 Å². The molecule has 0 saturated carbocycles. The average Bonchev–Trinajstić information content (AvgIpc) is 3.02. The lowest BCUT2D eigenvalue weighted by atomic mass is 9.99. The van der Waals surface area contributed by atoms with Gasteiger partial charge >= 0.3 is 0 Å². The average molecular weight is 543 g/mol. The van der Waals surface area contributed by atoms with E-state index in [1.807, 2.05) is 109 Å². The molecule has 1 heterocycles. The Bertz CT molecular complexity index is 1370. The van der Waals surface area contributed by atoms with Crippen molar-refractivity contribution in [3.63, 3.8) is 0 Å². The molecule has 202 valence electrons. The van der Waals surface area contributed by atoms with E-state index in [9.17, 15) is 18.6 Å². The summed E-state index contributed by atoms with van der Waals surface area (Å²) < 4.78 is 30.6. The van der Waals surface area contributed by atoms with Gasteiger partial charge in [-0.1, -0.05) is 109 Å². The van der Waals surface area contributed by atoms with Crippen molar-refractivity contribution in [2.24, 2.45) is 0 Å². The van der Waals surface area contributed by atoms with Gasteiger partial charge in [0.05, 0.1) is 12.2 Å². The molecule has 1 saturated heterocycles. The SMILES string of the molecule is O=S1(=O)N(Cc2ccccc2Cc2ccccc2)C[C@H](O)[C@@H](O)CN1Cc1ccccc1Cc1ccccc1. The highest BCUT2D eigenvalue weighted by atomic mass is 32.2. The second-order valence-electron chi connectivity index (χ2n) is 10.1. The molecule has 0 aliphatic carbocycles. The van der Waals surface area contributed by atoms with E-state index >= 15 is 0 Å². The van der Waals surface area contributed by atoms with E-state index in [4.69, 9.17) is 0 Å². The van der Waals surface area contributed by atoms with Gasteiger partial charge in [-0.3, -0.25) is 0 Å². The molecular weight excluding hydrogens is 508 g/mol. The van der Waals surface area contributed by atoms with Crippen molar-refractivity contribution in [3.05, 3.63) is 143 Å². The second-order valence-corrected chi connectivity index (χ2v) is 12.0. The molecule has 1 aliphatic heterocycles. The smallest absolute Gasteiger partial charge is 0.282 e. The third-order valence-electron chi connectivity index (χ3n) is 7.28. The number of rotatable bonds is 8.